The van der Waals surface area contributed by atoms with E-state index in [1.165, 1.54) is 0 Å². The van der Waals surface area contributed by atoms with Gasteiger partial charge in [0.25, 0.3) is 0 Å². The lowest BCUT2D eigenvalue weighted by Crippen LogP contribution is -2.58. The van der Waals surface area contributed by atoms with Crippen LogP contribution in [0.3, 0.4) is 0 Å². The second-order valence-corrected chi connectivity index (χ2v) is 4.28. The first-order valence-electron chi connectivity index (χ1n) is 6.10. The molecule has 0 saturated carbocycles. The highest BCUT2D eigenvalue weighted by Crippen LogP contribution is 2.16. The lowest BCUT2D eigenvalue weighted by atomic mass is 10.2. The molecule has 0 aromatic heterocycles. The summed E-state index contributed by atoms with van der Waals surface area (Å²) in [4.78, 5) is 23.1. The van der Waals surface area contributed by atoms with Gasteiger partial charge in [-0.3, -0.25) is 9.59 Å². The third kappa shape index (κ3) is 3.45. The molecule has 1 saturated heterocycles. The van der Waals surface area contributed by atoms with Gasteiger partial charge in [0.2, 0.25) is 11.8 Å². The van der Waals surface area contributed by atoms with E-state index in [0.717, 1.165) is 11.3 Å². The molecule has 6 nitrogen and oxygen atoms in total. The van der Waals surface area contributed by atoms with Crippen molar-refractivity contribution in [2.75, 3.05) is 20.2 Å². The summed E-state index contributed by atoms with van der Waals surface area (Å²) in [7, 11) is 1.59. The molecule has 0 spiro atoms. The summed E-state index contributed by atoms with van der Waals surface area (Å²) < 4.78 is 5.21. The summed E-state index contributed by atoms with van der Waals surface area (Å²) in [6, 6.07) is 6.96. The standard InChI is InChI=1S/C13H17N3O3/c1-19-11-5-3-2-4-9(11)6-15-13(18)10-7-14-8-12(17)16-10/h2-5,10,14H,6-8H2,1H3,(H,15,18)(H,16,17). The van der Waals surface area contributed by atoms with E-state index < -0.39 is 6.04 Å². The molecule has 0 radical (unpaired) electrons. The van der Waals surface area contributed by atoms with Gasteiger partial charge in [0, 0.05) is 18.7 Å². The first-order valence-corrected chi connectivity index (χ1v) is 6.10. The molecule has 6 heteroatoms. The number of carbonyl (C=O) groups excluding carboxylic acids is 2. The fourth-order valence-corrected chi connectivity index (χ4v) is 1.94. The first-order chi connectivity index (χ1) is 9.20. The normalized spacial score (nSPS) is 18.6. The van der Waals surface area contributed by atoms with Gasteiger partial charge in [-0.15, -0.1) is 0 Å². The molecule has 2 amide bonds. The van der Waals surface area contributed by atoms with Gasteiger partial charge in [0.05, 0.1) is 13.7 Å². The van der Waals surface area contributed by atoms with Crippen molar-refractivity contribution in [3.8, 4) is 5.75 Å². The summed E-state index contributed by atoms with van der Waals surface area (Å²) in [5.41, 5.74) is 0.897. The topological polar surface area (TPSA) is 79.5 Å². The monoisotopic (exact) mass is 263 g/mol. The molecule has 2 rings (SSSR count). The Morgan fingerprint density at radius 3 is 3.00 bits per heavy atom. The van der Waals surface area contributed by atoms with Crippen molar-refractivity contribution in [1.82, 2.24) is 16.0 Å². The predicted molar refractivity (Wildman–Crippen MR) is 69.6 cm³/mol. The average Bonchev–Trinajstić information content (AvgIpc) is 2.45. The van der Waals surface area contributed by atoms with E-state index in [1.807, 2.05) is 24.3 Å². The minimum Gasteiger partial charge on any atom is -0.496 e. The third-order valence-corrected chi connectivity index (χ3v) is 2.93. The number of hydrogen-bond donors (Lipinski definition) is 3. The van der Waals surface area contributed by atoms with Gasteiger partial charge in [-0.2, -0.15) is 0 Å². The molecular formula is C13H17N3O3. The number of methoxy groups -OCH3 is 1. The summed E-state index contributed by atoms with van der Waals surface area (Å²) >= 11 is 0. The van der Waals surface area contributed by atoms with E-state index in [4.69, 9.17) is 4.74 Å². The van der Waals surface area contributed by atoms with Crippen LogP contribution < -0.4 is 20.7 Å². The Hall–Kier alpha value is -2.08. The fourth-order valence-electron chi connectivity index (χ4n) is 1.94. The Bertz CT molecular complexity index is 476. The molecule has 1 atom stereocenters. The summed E-state index contributed by atoms with van der Waals surface area (Å²) in [6.07, 6.45) is 0. The molecular weight excluding hydrogens is 246 g/mol. The number of hydrogen-bond acceptors (Lipinski definition) is 4. The van der Waals surface area contributed by atoms with Crippen molar-refractivity contribution in [2.45, 2.75) is 12.6 Å². The molecule has 0 bridgehead atoms. The van der Waals surface area contributed by atoms with Crippen molar-refractivity contribution < 1.29 is 14.3 Å². The maximum atomic E-state index is 11.9. The molecule has 1 fully saturated rings. The first kappa shape index (κ1) is 13.4. The lowest BCUT2D eigenvalue weighted by molar-refractivity contribution is -0.130. The van der Waals surface area contributed by atoms with E-state index in [-0.39, 0.29) is 18.4 Å². The van der Waals surface area contributed by atoms with Gasteiger partial charge in [-0.25, -0.2) is 0 Å². The van der Waals surface area contributed by atoms with Gasteiger partial charge in [-0.05, 0) is 6.07 Å². The predicted octanol–water partition coefficient (Wildman–Crippen LogP) is -0.601. The van der Waals surface area contributed by atoms with E-state index >= 15 is 0 Å². The summed E-state index contributed by atoms with van der Waals surface area (Å²) in [6.45, 7) is 1.08. The van der Waals surface area contributed by atoms with Crippen LogP contribution in [0.5, 0.6) is 5.75 Å². The number of carbonyl (C=O) groups is 2. The number of piperazine rings is 1. The second-order valence-electron chi connectivity index (χ2n) is 4.28. The minimum atomic E-state index is -0.518. The zero-order chi connectivity index (χ0) is 13.7. The Morgan fingerprint density at radius 2 is 2.26 bits per heavy atom. The maximum Gasteiger partial charge on any atom is 0.244 e. The SMILES string of the molecule is COc1ccccc1CNC(=O)C1CNCC(=O)N1. The molecule has 1 aromatic rings. The van der Waals surface area contributed by atoms with Crippen LogP contribution in [0.2, 0.25) is 0 Å². The van der Waals surface area contributed by atoms with Crippen LogP contribution in [0.4, 0.5) is 0 Å². The highest BCUT2D eigenvalue weighted by atomic mass is 16.5. The van der Waals surface area contributed by atoms with Crippen LogP contribution in [0, 0.1) is 0 Å². The van der Waals surface area contributed by atoms with Crippen LogP contribution in [0.15, 0.2) is 24.3 Å². The quantitative estimate of drug-likeness (QED) is 0.678. The maximum absolute atomic E-state index is 11.9. The van der Waals surface area contributed by atoms with Gasteiger partial charge < -0.3 is 20.7 Å². The third-order valence-electron chi connectivity index (χ3n) is 2.93. The van der Waals surface area contributed by atoms with Crippen molar-refractivity contribution in [3.05, 3.63) is 29.8 Å². The zero-order valence-corrected chi connectivity index (χ0v) is 10.7. The Morgan fingerprint density at radius 1 is 1.47 bits per heavy atom. The van der Waals surface area contributed by atoms with Crippen LogP contribution in [-0.2, 0) is 16.1 Å². The van der Waals surface area contributed by atoms with E-state index in [9.17, 15) is 9.59 Å². The molecule has 102 valence electrons. The number of nitrogens with one attached hydrogen (secondary N) is 3. The van der Waals surface area contributed by atoms with Gasteiger partial charge in [0.1, 0.15) is 11.8 Å². The second kappa shape index (κ2) is 6.19. The lowest BCUT2D eigenvalue weighted by Gasteiger charge is -2.23. The van der Waals surface area contributed by atoms with Crippen molar-refractivity contribution >= 4 is 11.8 Å². The van der Waals surface area contributed by atoms with Crippen LogP contribution >= 0.6 is 0 Å². The molecule has 1 aliphatic heterocycles. The highest BCUT2D eigenvalue weighted by Gasteiger charge is 2.24. The van der Waals surface area contributed by atoms with Gasteiger partial charge in [-0.1, -0.05) is 18.2 Å². The molecule has 19 heavy (non-hydrogen) atoms. The van der Waals surface area contributed by atoms with Gasteiger partial charge >= 0.3 is 0 Å². The van der Waals surface area contributed by atoms with E-state index in [1.54, 1.807) is 7.11 Å². The molecule has 3 N–H and O–H groups in total. The van der Waals surface area contributed by atoms with E-state index in [0.29, 0.717) is 13.1 Å². The summed E-state index contributed by atoms with van der Waals surface area (Å²) in [5.74, 6) is 0.365. The van der Waals surface area contributed by atoms with Gasteiger partial charge in [0.15, 0.2) is 0 Å². The number of amides is 2. The molecule has 1 heterocycles. The number of para-hydroxylation sites is 1. The zero-order valence-electron chi connectivity index (χ0n) is 10.7. The van der Waals surface area contributed by atoms with Crippen molar-refractivity contribution in [3.63, 3.8) is 0 Å². The van der Waals surface area contributed by atoms with Crippen LogP contribution in [0.1, 0.15) is 5.56 Å². The number of rotatable bonds is 4. The molecule has 1 aliphatic rings. The summed E-state index contributed by atoms with van der Waals surface area (Å²) in [5, 5.41) is 8.32. The largest absolute Gasteiger partial charge is 0.496 e. The van der Waals surface area contributed by atoms with Crippen LogP contribution in [-0.4, -0.2) is 38.1 Å². The average molecular weight is 263 g/mol. The van der Waals surface area contributed by atoms with Crippen molar-refractivity contribution in [2.24, 2.45) is 0 Å². The molecule has 1 unspecified atom stereocenters. The molecule has 0 aliphatic carbocycles. The fraction of sp³-hybridized carbons (Fsp3) is 0.385. The van der Waals surface area contributed by atoms with E-state index in [2.05, 4.69) is 16.0 Å². The Kier molecular flexibility index (Phi) is 4.35. The van der Waals surface area contributed by atoms with Crippen LogP contribution in [0.25, 0.3) is 0 Å². The Labute approximate surface area is 111 Å². The number of ether oxygens (including phenoxy) is 1. The Balaban J connectivity index is 1.91. The smallest absolute Gasteiger partial charge is 0.244 e. The molecule has 1 aromatic carbocycles. The van der Waals surface area contributed by atoms with Crippen molar-refractivity contribution in [1.29, 1.82) is 0 Å². The minimum absolute atomic E-state index is 0.163. The highest BCUT2D eigenvalue weighted by molar-refractivity contribution is 5.89. The number of benzene rings is 1.